The Morgan fingerprint density at radius 2 is 1.96 bits per heavy atom. The Balaban J connectivity index is 1.91. The smallest absolute Gasteiger partial charge is 0.358 e. The summed E-state index contributed by atoms with van der Waals surface area (Å²) in [5.74, 6) is -0.796. The lowest BCUT2D eigenvalue weighted by atomic mass is 10.1. The lowest BCUT2D eigenvalue weighted by molar-refractivity contribution is 0.0683. The molecular weight excluding hydrogens is 428 g/mol. The molecule has 0 fully saturated rings. The van der Waals surface area contributed by atoms with Crippen LogP contribution >= 0.6 is 15.9 Å². The number of carbonyl (C=O) groups is 1. The van der Waals surface area contributed by atoms with E-state index in [1.54, 1.807) is 19.2 Å². The Labute approximate surface area is 169 Å². The van der Waals surface area contributed by atoms with Crippen LogP contribution in [0, 0.1) is 0 Å². The lowest BCUT2D eigenvalue weighted by Gasteiger charge is -2.11. The number of carboxylic acids is 1. The topological polar surface area (TPSA) is 102 Å². The van der Waals surface area contributed by atoms with E-state index in [1.165, 1.54) is 0 Å². The second kappa shape index (κ2) is 8.71. The van der Waals surface area contributed by atoms with E-state index in [4.69, 9.17) is 9.47 Å². The summed E-state index contributed by atoms with van der Waals surface area (Å²) < 4.78 is 11.5. The van der Waals surface area contributed by atoms with Crippen molar-refractivity contribution in [2.45, 2.75) is 13.0 Å². The van der Waals surface area contributed by atoms with E-state index >= 15 is 0 Å². The highest BCUT2D eigenvalue weighted by Gasteiger charge is 2.20. The maximum absolute atomic E-state index is 12.5. The van der Waals surface area contributed by atoms with Gasteiger partial charge in [0.05, 0.1) is 7.11 Å². The van der Waals surface area contributed by atoms with Gasteiger partial charge in [-0.2, -0.15) is 0 Å². The number of rotatable bonds is 7. The highest BCUT2D eigenvalue weighted by molar-refractivity contribution is 9.10. The highest BCUT2D eigenvalue weighted by Crippen LogP contribution is 2.24. The molecule has 3 aromatic rings. The zero-order valence-corrected chi connectivity index (χ0v) is 16.5. The van der Waals surface area contributed by atoms with Crippen molar-refractivity contribution in [1.29, 1.82) is 0 Å². The van der Waals surface area contributed by atoms with Gasteiger partial charge in [-0.1, -0.05) is 46.3 Å². The van der Waals surface area contributed by atoms with Crippen molar-refractivity contribution < 1.29 is 19.4 Å². The van der Waals surface area contributed by atoms with Gasteiger partial charge in [0, 0.05) is 10.9 Å². The van der Waals surface area contributed by atoms with Gasteiger partial charge in [0.15, 0.2) is 5.69 Å². The summed E-state index contributed by atoms with van der Waals surface area (Å²) in [4.78, 5) is 30.8. The monoisotopic (exact) mass is 444 g/mol. The van der Waals surface area contributed by atoms with Crippen molar-refractivity contribution >= 4 is 21.9 Å². The summed E-state index contributed by atoms with van der Waals surface area (Å²) >= 11 is 3.43. The van der Waals surface area contributed by atoms with Crippen LogP contribution in [0.25, 0.3) is 0 Å². The predicted molar refractivity (Wildman–Crippen MR) is 106 cm³/mol. The minimum atomic E-state index is -1.33. The number of halogens is 1. The summed E-state index contributed by atoms with van der Waals surface area (Å²) in [7, 11) is 1.55. The Kier molecular flexibility index (Phi) is 6.10. The van der Waals surface area contributed by atoms with Gasteiger partial charge in [-0.25, -0.2) is 9.78 Å². The second-order valence-corrected chi connectivity index (χ2v) is 6.76. The lowest BCUT2D eigenvalue weighted by Crippen LogP contribution is -2.21. The van der Waals surface area contributed by atoms with Crippen LogP contribution in [0.15, 0.2) is 57.8 Å². The molecule has 1 aromatic heterocycles. The first kappa shape index (κ1) is 19.6. The number of benzene rings is 2. The molecule has 144 valence electrons. The SMILES string of the molecule is COc1ccc(Br)c(Cc2nc(C(=O)O)c(OCc3ccccc3)c(=O)[nH]2)c1. The van der Waals surface area contributed by atoms with Crippen LogP contribution < -0.4 is 15.0 Å². The second-order valence-electron chi connectivity index (χ2n) is 5.90. The van der Waals surface area contributed by atoms with Crippen molar-refractivity contribution in [2.75, 3.05) is 7.11 Å². The van der Waals surface area contributed by atoms with Gasteiger partial charge < -0.3 is 19.6 Å². The van der Waals surface area contributed by atoms with E-state index < -0.39 is 17.2 Å². The molecule has 0 aliphatic heterocycles. The fourth-order valence-electron chi connectivity index (χ4n) is 2.60. The molecule has 0 aliphatic carbocycles. The van der Waals surface area contributed by atoms with Gasteiger partial charge in [-0.3, -0.25) is 4.79 Å². The van der Waals surface area contributed by atoms with Gasteiger partial charge in [0.25, 0.3) is 5.56 Å². The minimum absolute atomic E-state index is 0.0622. The predicted octanol–water partition coefficient (Wildman–Crippen LogP) is 3.41. The first-order chi connectivity index (χ1) is 13.5. The molecular formula is C20H17BrN2O5. The van der Waals surface area contributed by atoms with Crippen LogP contribution in [0.4, 0.5) is 0 Å². The van der Waals surface area contributed by atoms with Gasteiger partial charge in [-0.05, 0) is 29.3 Å². The number of aromatic amines is 1. The molecule has 0 spiro atoms. The Hall–Kier alpha value is -3.13. The maximum Gasteiger partial charge on any atom is 0.358 e. The van der Waals surface area contributed by atoms with E-state index in [-0.39, 0.29) is 24.6 Å². The number of aromatic nitrogens is 2. The van der Waals surface area contributed by atoms with E-state index in [2.05, 4.69) is 25.9 Å². The molecule has 0 aliphatic rings. The third-order valence-electron chi connectivity index (χ3n) is 3.97. The Morgan fingerprint density at radius 3 is 2.64 bits per heavy atom. The van der Waals surface area contributed by atoms with Gasteiger partial charge >= 0.3 is 5.97 Å². The van der Waals surface area contributed by atoms with Crippen LogP contribution in [0.3, 0.4) is 0 Å². The molecule has 0 radical (unpaired) electrons. The summed E-state index contributed by atoms with van der Waals surface area (Å²) in [6, 6.07) is 14.5. The number of aromatic carboxylic acids is 1. The summed E-state index contributed by atoms with van der Waals surface area (Å²) in [5, 5.41) is 9.49. The number of nitrogens with one attached hydrogen (secondary N) is 1. The molecule has 28 heavy (non-hydrogen) atoms. The normalized spacial score (nSPS) is 10.5. The molecule has 0 unspecified atom stereocenters. The van der Waals surface area contributed by atoms with Crippen molar-refractivity contribution in [1.82, 2.24) is 9.97 Å². The molecule has 0 bridgehead atoms. The van der Waals surface area contributed by atoms with Crippen LogP contribution in [-0.2, 0) is 13.0 Å². The van der Waals surface area contributed by atoms with Gasteiger partial charge in [0.2, 0.25) is 5.75 Å². The number of hydrogen-bond acceptors (Lipinski definition) is 5. The Bertz CT molecular complexity index is 1050. The number of carboxylic acid groups (broad SMARTS) is 1. The summed E-state index contributed by atoms with van der Waals surface area (Å²) in [6.45, 7) is 0.0622. The van der Waals surface area contributed by atoms with E-state index in [0.29, 0.717) is 5.75 Å². The van der Waals surface area contributed by atoms with E-state index in [1.807, 2.05) is 36.4 Å². The molecule has 8 heteroatoms. The van der Waals surface area contributed by atoms with E-state index in [0.717, 1.165) is 15.6 Å². The quantitative estimate of drug-likeness (QED) is 0.578. The fraction of sp³-hybridized carbons (Fsp3) is 0.150. The third-order valence-corrected chi connectivity index (χ3v) is 4.74. The molecule has 3 rings (SSSR count). The molecule has 2 aromatic carbocycles. The molecule has 0 amide bonds. The Morgan fingerprint density at radius 1 is 1.21 bits per heavy atom. The van der Waals surface area contributed by atoms with E-state index in [9.17, 15) is 14.7 Å². The van der Waals surface area contributed by atoms with Crippen LogP contribution in [0.1, 0.15) is 27.4 Å². The zero-order chi connectivity index (χ0) is 20.1. The molecule has 0 atom stereocenters. The number of hydrogen-bond donors (Lipinski definition) is 2. The molecule has 0 saturated carbocycles. The minimum Gasteiger partial charge on any atom is -0.497 e. The molecule has 0 saturated heterocycles. The van der Waals surface area contributed by atoms with Crippen LogP contribution in [-0.4, -0.2) is 28.2 Å². The number of methoxy groups -OCH3 is 1. The first-order valence-corrected chi connectivity index (χ1v) is 9.13. The standard InChI is InChI=1S/C20H17BrN2O5/c1-27-14-7-8-15(21)13(9-14)10-16-22-17(20(25)26)18(19(24)23-16)28-11-12-5-3-2-4-6-12/h2-9H,10-11H2,1H3,(H,25,26)(H,22,23,24). The molecule has 7 nitrogen and oxygen atoms in total. The summed E-state index contributed by atoms with van der Waals surface area (Å²) in [6.07, 6.45) is 0.215. The first-order valence-electron chi connectivity index (χ1n) is 8.33. The molecule has 1 heterocycles. The largest absolute Gasteiger partial charge is 0.497 e. The van der Waals surface area contributed by atoms with Crippen molar-refractivity contribution in [3.05, 3.63) is 86.0 Å². The number of H-pyrrole nitrogens is 1. The maximum atomic E-state index is 12.5. The van der Waals surface area contributed by atoms with Crippen molar-refractivity contribution in [3.8, 4) is 11.5 Å². The summed E-state index contributed by atoms with van der Waals surface area (Å²) in [5.41, 5.74) is 0.533. The van der Waals surface area contributed by atoms with Crippen LogP contribution in [0.5, 0.6) is 11.5 Å². The number of nitrogens with zero attached hydrogens (tertiary/aromatic N) is 1. The van der Waals surface area contributed by atoms with Gasteiger partial charge in [0.1, 0.15) is 18.2 Å². The average molecular weight is 445 g/mol. The van der Waals surface area contributed by atoms with Gasteiger partial charge in [-0.15, -0.1) is 0 Å². The zero-order valence-electron chi connectivity index (χ0n) is 14.9. The van der Waals surface area contributed by atoms with Crippen LogP contribution in [0.2, 0.25) is 0 Å². The molecule has 2 N–H and O–H groups in total. The fourth-order valence-corrected chi connectivity index (χ4v) is 2.98. The van der Waals surface area contributed by atoms with Crippen molar-refractivity contribution in [2.24, 2.45) is 0 Å². The average Bonchev–Trinajstić information content (AvgIpc) is 2.69. The highest BCUT2D eigenvalue weighted by atomic mass is 79.9. The number of ether oxygens (including phenoxy) is 2. The van der Waals surface area contributed by atoms with Crippen molar-refractivity contribution in [3.63, 3.8) is 0 Å². The third kappa shape index (κ3) is 4.58.